The van der Waals surface area contributed by atoms with Gasteiger partial charge in [-0.15, -0.1) is 0 Å². The van der Waals surface area contributed by atoms with Gasteiger partial charge in [0.15, 0.2) is 0 Å². The molecule has 0 aromatic heterocycles. The summed E-state index contributed by atoms with van der Waals surface area (Å²) in [7, 11) is 0. The fourth-order valence-electron chi connectivity index (χ4n) is 1.82. The van der Waals surface area contributed by atoms with Crippen LogP contribution < -0.4 is 10.1 Å². The molecule has 9 heteroatoms. The number of ether oxygens (including phenoxy) is 2. The second-order valence-corrected chi connectivity index (χ2v) is 4.72. The highest BCUT2D eigenvalue weighted by molar-refractivity contribution is 5.96. The van der Waals surface area contributed by atoms with Crippen LogP contribution in [0, 0.1) is 10.1 Å². The zero-order valence-corrected chi connectivity index (χ0v) is 12.9. The van der Waals surface area contributed by atoms with Crippen LogP contribution >= 0.6 is 0 Å². The van der Waals surface area contributed by atoms with Crippen LogP contribution in [0.5, 0.6) is 11.5 Å². The molecule has 25 heavy (non-hydrogen) atoms. The number of phenols is 1. The normalized spacial score (nSPS) is 9.92. The maximum atomic E-state index is 11.8. The summed E-state index contributed by atoms with van der Waals surface area (Å²) in [5.41, 5.74) is -0.0245. The molecule has 0 bridgehead atoms. The predicted molar refractivity (Wildman–Crippen MR) is 85.5 cm³/mol. The van der Waals surface area contributed by atoms with Crippen LogP contribution in [0.1, 0.15) is 10.4 Å². The van der Waals surface area contributed by atoms with Crippen molar-refractivity contribution in [3.8, 4) is 11.5 Å². The third kappa shape index (κ3) is 5.20. The summed E-state index contributed by atoms with van der Waals surface area (Å²) < 4.78 is 9.59. The lowest BCUT2D eigenvalue weighted by molar-refractivity contribution is -0.384. The number of benzene rings is 2. The van der Waals surface area contributed by atoms with E-state index in [-0.39, 0.29) is 35.9 Å². The van der Waals surface area contributed by atoms with Gasteiger partial charge < -0.3 is 19.9 Å². The van der Waals surface area contributed by atoms with Crippen molar-refractivity contribution in [3.63, 3.8) is 0 Å². The van der Waals surface area contributed by atoms with Crippen LogP contribution in [0.25, 0.3) is 0 Å². The molecule has 0 heterocycles. The van der Waals surface area contributed by atoms with Gasteiger partial charge in [0.1, 0.15) is 18.1 Å². The number of nitrogens with one attached hydrogen (secondary N) is 1. The lowest BCUT2D eigenvalue weighted by Crippen LogP contribution is -2.28. The Kier molecular flexibility index (Phi) is 5.88. The van der Waals surface area contributed by atoms with Gasteiger partial charge in [0.05, 0.1) is 17.0 Å². The number of carbonyl (C=O) groups excluding carboxylic acids is 2. The number of nitro benzene ring substituents is 1. The third-order valence-electron chi connectivity index (χ3n) is 3.00. The average Bonchev–Trinajstić information content (AvgIpc) is 2.59. The molecule has 0 radical (unpaired) electrons. The first kappa shape index (κ1) is 17.7. The van der Waals surface area contributed by atoms with Crippen molar-refractivity contribution < 1.29 is 29.1 Å². The van der Waals surface area contributed by atoms with Crippen molar-refractivity contribution in [2.75, 3.05) is 13.2 Å². The first-order valence-electron chi connectivity index (χ1n) is 7.12. The first-order valence-corrected chi connectivity index (χ1v) is 7.12. The molecule has 0 fully saturated rings. The zero-order valence-electron chi connectivity index (χ0n) is 12.9. The van der Waals surface area contributed by atoms with Gasteiger partial charge in [0.25, 0.3) is 11.6 Å². The monoisotopic (exact) mass is 346 g/mol. The van der Waals surface area contributed by atoms with E-state index in [4.69, 9.17) is 9.47 Å². The molecule has 0 saturated heterocycles. The molecule has 0 atom stereocenters. The number of aromatic hydroxyl groups is 1. The molecule has 2 aromatic rings. The minimum Gasteiger partial charge on any atom is -0.507 e. The van der Waals surface area contributed by atoms with Crippen LogP contribution in [0.2, 0.25) is 0 Å². The third-order valence-corrected chi connectivity index (χ3v) is 3.00. The van der Waals surface area contributed by atoms with Crippen molar-refractivity contribution in [1.29, 1.82) is 0 Å². The molecule has 130 valence electrons. The zero-order chi connectivity index (χ0) is 18.2. The molecule has 2 rings (SSSR count). The number of para-hydroxylation sites is 1. The summed E-state index contributed by atoms with van der Waals surface area (Å²) in [6, 6.07) is 10.9. The molecule has 2 N–H and O–H groups in total. The van der Waals surface area contributed by atoms with Crippen LogP contribution in [0.4, 0.5) is 10.5 Å². The SMILES string of the molecule is O=C(OCCNC(=O)c1ccccc1O)Oc1ccc([N+](=O)[O-])cc1. The fraction of sp³-hybridized carbons (Fsp3) is 0.125. The maximum absolute atomic E-state index is 11.8. The quantitative estimate of drug-likeness (QED) is 0.270. The number of rotatable bonds is 6. The lowest BCUT2D eigenvalue weighted by atomic mass is 10.2. The van der Waals surface area contributed by atoms with Crippen LogP contribution in [0.3, 0.4) is 0 Å². The van der Waals surface area contributed by atoms with Gasteiger partial charge in [0, 0.05) is 12.1 Å². The van der Waals surface area contributed by atoms with Crippen molar-refractivity contribution in [1.82, 2.24) is 5.32 Å². The minimum atomic E-state index is -1.01. The summed E-state index contributed by atoms with van der Waals surface area (Å²) in [4.78, 5) is 33.2. The molecule has 0 aliphatic carbocycles. The highest BCUT2D eigenvalue weighted by Crippen LogP contribution is 2.17. The molecule has 9 nitrogen and oxygen atoms in total. The summed E-state index contributed by atoms with van der Waals surface area (Å²) >= 11 is 0. The van der Waals surface area contributed by atoms with E-state index in [0.717, 1.165) is 0 Å². The molecule has 0 aliphatic heterocycles. The van der Waals surface area contributed by atoms with Crippen LogP contribution in [0.15, 0.2) is 48.5 Å². The Balaban J connectivity index is 1.72. The number of hydrogen-bond acceptors (Lipinski definition) is 7. The van der Waals surface area contributed by atoms with Gasteiger partial charge in [-0.25, -0.2) is 4.79 Å². The van der Waals surface area contributed by atoms with Gasteiger partial charge in [-0.2, -0.15) is 0 Å². The van der Waals surface area contributed by atoms with Crippen LogP contribution in [-0.2, 0) is 4.74 Å². The highest BCUT2D eigenvalue weighted by Gasteiger charge is 2.11. The number of carbonyl (C=O) groups is 2. The van der Waals surface area contributed by atoms with E-state index in [1.807, 2.05) is 0 Å². The molecule has 0 unspecified atom stereocenters. The molecule has 1 amide bonds. The standard InChI is InChI=1S/C16H14N2O7/c19-14-4-2-1-3-13(14)15(20)17-9-10-24-16(21)25-12-7-5-11(6-8-12)18(22)23/h1-8,19H,9-10H2,(H,17,20). The number of hydrogen-bond donors (Lipinski definition) is 2. The molecule has 0 aliphatic rings. The largest absolute Gasteiger partial charge is 0.513 e. The number of nitrogens with zero attached hydrogens (tertiary/aromatic N) is 1. The summed E-state index contributed by atoms with van der Waals surface area (Å²) in [5, 5.41) is 22.5. The summed E-state index contributed by atoms with van der Waals surface area (Å²) in [6.07, 6.45) is -1.01. The topological polar surface area (TPSA) is 128 Å². The van der Waals surface area contributed by atoms with Crippen molar-refractivity contribution in [2.45, 2.75) is 0 Å². The summed E-state index contributed by atoms with van der Waals surface area (Å²) in [6.45, 7) is -0.131. The Hall–Kier alpha value is -3.62. The molecular weight excluding hydrogens is 332 g/mol. The van der Waals surface area contributed by atoms with E-state index in [1.54, 1.807) is 12.1 Å². The second kappa shape index (κ2) is 8.29. The Bertz CT molecular complexity index is 774. The van der Waals surface area contributed by atoms with Crippen LogP contribution in [-0.4, -0.2) is 35.2 Å². The minimum absolute atomic E-state index is 0.0164. The van der Waals surface area contributed by atoms with E-state index >= 15 is 0 Å². The van der Waals surface area contributed by atoms with E-state index in [2.05, 4.69) is 5.32 Å². The lowest BCUT2D eigenvalue weighted by Gasteiger charge is -2.08. The average molecular weight is 346 g/mol. The van der Waals surface area contributed by atoms with Gasteiger partial charge in [-0.05, 0) is 24.3 Å². The van der Waals surface area contributed by atoms with Gasteiger partial charge in [-0.3, -0.25) is 14.9 Å². The van der Waals surface area contributed by atoms with Gasteiger partial charge >= 0.3 is 6.16 Å². The van der Waals surface area contributed by atoms with Crippen molar-refractivity contribution in [2.24, 2.45) is 0 Å². The molecular formula is C16H14N2O7. The Morgan fingerprint density at radius 1 is 1.12 bits per heavy atom. The van der Waals surface area contributed by atoms with Crippen molar-refractivity contribution in [3.05, 3.63) is 64.2 Å². The Morgan fingerprint density at radius 3 is 2.44 bits per heavy atom. The maximum Gasteiger partial charge on any atom is 0.513 e. The Labute approximate surface area is 141 Å². The fourth-order valence-corrected chi connectivity index (χ4v) is 1.82. The van der Waals surface area contributed by atoms with E-state index in [9.17, 15) is 24.8 Å². The van der Waals surface area contributed by atoms with Gasteiger partial charge in [-0.1, -0.05) is 12.1 Å². The number of amides is 1. The highest BCUT2D eigenvalue weighted by atomic mass is 16.7. The number of nitro groups is 1. The summed E-state index contributed by atoms with van der Waals surface area (Å²) in [5.74, 6) is -0.572. The van der Waals surface area contributed by atoms with Crippen molar-refractivity contribution >= 4 is 17.7 Å². The number of non-ortho nitro benzene ring substituents is 1. The van der Waals surface area contributed by atoms with E-state index in [1.165, 1.54) is 36.4 Å². The molecule has 0 saturated carbocycles. The Morgan fingerprint density at radius 2 is 1.80 bits per heavy atom. The van der Waals surface area contributed by atoms with E-state index < -0.39 is 17.0 Å². The predicted octanol–water partition coefficient (Wildman–Crippen LogP) is 2.25. The van der Waals surface area contributed by atoms with E-state index in [0.29, 0.717) is 0 Å². The van der Waals surface area contributed by atoms with Gasteiger partial charge in [0.2, 0.25) is 0 Å². The first-order chi connectivity index (χ1) is 12.0. The molecule has 2 aromatic carbocycles. The second-order valence-electron chi connectivity index (χ2n) is 4.72. The number of phenolic OH excluding ortho intramolecular Hbond substituents is 1. The molecule has 0 spiro atoms. The smallest absolute Gasteiger partial charge is 0.507 e.